The number of benzene rings is 2. The minimum absolute atomic E-state index is 0.00317. The summed E-state index contributed by atoms with van der Waals surface area (Å²) in [6, 6.07) is 19.4. The first-order valence-corrected chi connectivity index (χ1v) is 10.1. The molecule has 0 radical (unpaired) electrons. The van der Waals surface area contributed by atoms with Gasteiger partial charge in [-0.1, -0.05) is 36.4 Å². The second kappa shape index (κ2) is 7.25. The van der Waals surface area contributed by atoms with E-state index in [1.807, 2.05) is 59.3 Å². The zero-order chi connectivity index (χ0) is 17.9. The van der Waals surface area contributed by atoms with Gasteiger partial charge >= 0.3 is 0 Å². The Morgan fingerprint density at radius 3 is 2.73 bits per heavy atom. The summed E-state index contributed by atoms with van der Waals surface area (Å²) < 4.78 is 13.3. The molecule has 26 heavy (non-hydrogen) atoms. The molecule has 0 saturated carbocycles. The molecule has 0 aliphatic carbocycles. The van der Waals surface area contributed by atoms with Crippen LogP contribution in [0.1, 0.15) is 16.8 Å². The molecule has 6 heteroatoms. The van der Waals surface area contributed by atoms with Crippen LogP contribution in [0.4, 0.5) is 0 Å². The molecule has 1 saturated heterocycles. The van der Waals surface area contributed by atoms with Crippen molar-refractivity contribution in [2.45, 2.75) is 12.5 Å². The van der Waals surface area contributed by atoms with Crippen LogP contribution in [0.3, 0.4) is 0 Å². The molecule has 1 fully saturated rings. The zero-order valence-corrected chi connectivity index (χ0v) is 15.0. The van der Waals surface area contributed by atoms with Crippen molar-refractivity contribution in [1.82, 2.24) is 15.1 Å². The minimum atomic E-state index is -0.808. The molecular weight excluding hydrogens is 346 g/mol. The van der Waals surface area contributed by atoms with Gasteiger partial charge in [-0.25, -0.2) is 4.68 Å². The van der Waals surface area contributed by atoms with E-state index < -0.39 is 10.8 Å². The van der Waals surface area contributed by atoms with Crippen molar-refractivity contribution in [1.29, 1.82) is 0 Å². The molecule has 1 aromatic heterocycles. The number of amides is 1. The summed E-state index contributed by atoms with van der Waals surface area (Å²) in [4.78, 5) is 12.5. The maximum atomic E-state index is 12.5. The van der Waals surface area contributed by atoms with E-state index in [2.05, 4.69) is 10.4 Å². The van der Waals surface area contributed by atoms with Gasteiger partial charge < -0.3 is 5.32 Å². The number of rotatable bonds is 4. The van der Waals surface area contributed by atoms with E-state index in [0.29, 0.717) is 17.1 Å². The topological polar surface area (TPSA) is 64.0 Å². The second-order valence-electron chi connectivity index (χ2n) is 6.31. The average Bonchev–Trinajstić information content (AvgIpc) is 3.32. The fourth-order valence-electron chi connectivity index (χ4n) is 3.16. The highest BCUT2D eigenvalue weighted by Gasteiger charge is 2.23. The number of nitrogens with zero attached hydrogens (tertiary/aromatic N) is 2. The first-order valence-electron chi connectivity index (χ1n) is 8.56. The quantitative estimate of drug-likeness (QED) is 0.773. The van der Waals surface area contributed by atoms with Crippen LogP contribution in [0, 0.1) is 0 Å². The first-order chi connectivity index (χ1) is 12.7. The molecule has 1 amide bonds. The van der Waals surface area contributed by atoms with Gasteiger partial charge in [0.1, 0.15) is 0 Å². The third-order valence-corrected chi connectivity index (χ3v) is 5.95. The molecule has 2 aromatic carbocycles. The molecule has 0 spiro atoms. The molecular formula is C20H19N3O2S. The predicted octanol–water partition coefficient (Wildman–Crippen LogP) is 2.79. The highest BCUT2D eigenvalue weighted by molar-refractivity contribution is 7.85. The van der Waals surface area contributed by atoms with Gasteiger partial charge in [0.05, 0.1) is 17.6 Å². The van der Waals surface area contributed by atoms with Gasteiger partial charge in [0.25, 0.3) is 5.91 Å². The monoisotopic (exact) mass is 365 g/mol. The van der Waals surface area contributed by atoms with Crippen molar-refractivity contribution < 1.29 is 9.00 Å². The van der Waals surface area contributed by atoms with Gasteiger partial charge in [0.2, 0.25) is 0 Å². The Morgan fingerprint density at radius 2 is 1.96 bits per heavy atom. The van der Waals surface area contributed by atoms with Crippen LogP contribution in [0.15, 0.2) is 66.9 Å². The minimum Gasteiger partial charge on any atom is -0.348 e. The summed E-state index contributed by atoms with van der Waals surface area (Å²) in [6.07, 6.45) is 2.53. The van der Waals surface area contributed by atoms with E-state index in [-0.39, 0.29) is 11.9 Å². The molecule has 1 aliphatic rings. The van der Waals surface area contributed by atoms with Gasteiger partial charge in [-0.3, -0.25) is 9.00 Å². The van der Waals surface area contributed by atoms with Gasteiger partial charge in [-0.15, -0.1) is 0 Å². The SMILES string of the molecule is O=C(N[C@@H]1CC[S@](=O)C1)c1cccc(-n2nccc2-c2ccccc2)c1. The highest BCUT2D eigenvalue weighted by Crippen LogP contribution is 2.22. The summed E-state index contributed by atoms with van der Waals surface area (Å²) in [5.41, 5.74) is 3.44. The third kappa shape index (κ3) is 3.46. The molecule has 0 bridgehead atoms. The number of hydrogen-bond donors (Lipinski definition) is 1. The van der Waals surface area contributed by atoms with Crippen LogP contribution >= 0.6 is 0 Å². The Kier molecular flexibility index (Phi) is 4.67. The predicted molar refractivity (Wildman–Crippen MR) is 103 cm³/mol. The second-order valence-corrected chi connectivity index (χ2v) is 7.94. The maximum absolute atomic E-state index is 12.5. The van der Waals surface area contributed by atoms with Gasteiger partial charge in [0, 0.05) is 39.5 Å². The summed E-state index contributed by atoms with van der Waals surface area (Å²) in [5.74, 6) is 1.07. The fourth-order valence-corrected chi connectivity index (χ4v) is 4.58. The van der Waals surface area contributed by atoms with Crippen LogP contribution < -0.4 is 5.32 Å². The lowest BCUT2D eigenvalue weighted by Crippen LogP contribution is -2.35. The van der Waals surface area contributed by atoms with Crippen molar-refractivity contribution in [2.75, 3.05) is 11.5 Å². The molecule has 5 nitrogen and oxygen atoms in total. The van der Waals surface area contributed by atoms with Crippen molar-refractivity contribution in [3.8, 4) is 16.9 Å². The Bertz CT molecular complexity index is 952. The van der Waals surface area contributed by atoms with Crippen LogP contribution in [-0.2, 0) is 10.8 Å². The Morgan fingerprint density at radius 1 is 1.12 bits per heavy atom. The number of nitrogens with one attached hydrogen (secondary N) is 1. The Labute approximate surface area is 154 Å². The third-order valence-electron chi connectivity index (χ3n) is 4.48. The van der Waals surface area contributed by atoms with Crippen molar-refractivity contribution in [3.63, 3.8) is 0 Å². The lowest BCUT2D eigenvalue weighted by molar-refractivity contribution is 0.0941. The molecule has 1 aliphatic heterocycles. The largest absolute Gasteiger partial charge is 0.348 e. The van der Waals surface area contributed by atoms with Crippen LogP contribution in [0.25, 0.3) is 16.9 Å². The van der Waals surface area contributed by atoms with E-state index in [4.69, 9.17) is 0 Å². The van der Waals surface area contributed by atoms with Gasteiger partial charge in [-0.05, 0) is 30.7 Å². The number of aromatic nitrogens is 2. The number of carbonyl (C=O) groups excluding carboxylic acids is 1. The molecule has 0 unspecified atom stereocenters. The maximum Gasteiger partial charge on any atom is 0.251 e. The molecule has 1 N–H and O–H groups in total. The smallest absolute Gasteiger partial charge is 0.251 e. The zero-order valence-electron chi connectivity index (χ0n) is 14.2. The van der Waals surface area contributed by atoms with Crippen molar-refractivity contribution in [3.05, 3.63) is 72.4 Å². The standard InChI is InChI=1S/C20H19N3O2S/c24-20(22-17-10-12-26(25)14-17)16-7-4-8-18(13-16)23-19(9-11-21-23)15-5-2-1-3-6-15/h1-9,11,13,17H,10,12,14H2,(H,22,24)/t17-,26+/m1/s1. The van der Waals surface area contributed by atoms with E-state index in [9.17, 15) is 9.00 Å². The summed E-state index contributed by atoms with van der Waals surface area (Å²) in [7, 11) is -0.808. The molecule has 2 heterocycles. The summed E-state index contributed by atoms with van der Waals surface area (Å²) in [5, 5.41) is 7.40. The highest BCUT2D eigenvalue weighted by atomic mass is 32.2. The Balaban J connectivity index is 1.60. The van der Waals surface area contributed by atoms with Crippen LogP contribution in [0.5, 0.6) is 0 Å². The van der Waals surface area contributed by atoms with Gasteiger partial charge in [0.15, 0.2) is 0 Å². The first kappa shape index (κ1) is 16.7. The normalized spacial score (nSPS) is 19.4. The number of carbonyl (C=O) groups is 1. The van der Waals surface area contributed by atoms with E-state index in [1.54, 1.807) is 12.3 Å². The van der Waals surface area contributed by atoms with Crippen molar-refractivity contribution >= 4 is 16.7 Å². The summed E-state index contributed by atoms with van der Waals surface area (Å²) in [6.45, 7) is 0. The number of hydrogen-bond acceptors (Lipinski definition) is 3. The fraction of sp³-hybridized carbons (Fsp3) is 0.200. The Hall–Kier alpha value is -2.73. The van der Waals surface area contributed by atoms with E-state index in [1.165, 1.54) is 0 Å². The lowest BCUT2D eigenvalue weighted by Gasteiger charge is -2.12. The van der Waals surface area contributed by atoms with E-state index >= 15 is 0 Å². The molecule has 3 aromatic rings. The van der Waals surface area contributed by atoms with Crippen LogP contribution in [-0.4, -0.2) is 37.4 Å². The lowest BCUT2D eigenvalue weighted by atomic mass is 10.1. The molecule has 4 rings (SSSR count). The molecule has 2 atom stereocenters. The molecule has 132 valence electrons. The van der Waals surface area contributed by atoms with Gasteiger partial charge in [-0.2, -0.15) is 5.10 Å². The van der Waals surface area contributed by atoms with Crippen molar-refractivity contribution in [2.24, 2.45) is 0 Å². The van der Waals surface area contributed by atoms with E-state index in [0.717, 1.165) is 23.4 Å². The average molecular weight is 365 g/mol. The van der Waals surface area contributed by atoms with Crippen LogP contribution in [0.2, 0.25) is 0 Å². The summed E-state index contributed by atoms with van der Waals surface area (Å²) >= 11 is 0.